The molecule has 116 valence electrons. The minimum atomic E-state index is 0.149. The highest BCUT2D eigenvalue weighted by atomic mass is 35.5. The van der Waals surface area contributed by atoms with Crippen molar-refractivity contribution >= 4 is 29.1 Å². The van der Waals surface area contributed by atoms with E-state index in [4.69, 9.17) is 23.2 Å². The number of rotatable bonds is 7. The highest BCUT2D eigenvalue weighted by molar-refractivity contribution is 6.42. The van der Waals surface area contributed by atoms with Crippen molar-refractivity contribution in [3.05, 3.63) is 33.8 Å². The van der Waals surface area contributed by atoms with E-state index < -0.39 is 0 Å². The molecule has 1 heterocycles. The SMILES string of the molecule is O=C(CCN1CCCC1)NCCCc1ccc(Cl)c(Cl)c1. The number of nitrogens with zero attached hydrogens (tertiary/aromatic N) is 1. The normalized spacial score (nSPS) is 15.3. The van der Waals surface area contributed by atoms with Gasteiger partial charge in [-0.05, 0) is 56.5 Å². The van der Waals surface area contributed by atoms with Crippen LogP contribution in [0.25, 0.3) is 0 Å². The van der Waals surface area contributed by atoms with Crippen molar-refractivity contribution in [1.29, 1.82) is 0 Å². The summed E-state index contributed by atoms with van der Waals surface area (Å²) in [6.07, 6.45) is 4.94. The van der Waals surface area contributed by atoms with Crippen LogP contribution < -0.4 is 5.32 Å². The Labute approximate surface area is 136 Å². The Kier molecular flexibility index (Phi) is 6.81. The maximum Gasteiger partial charge on any atom is 0.221 e. The van der Waals surface area contributed by atoms with E-state index in [0.29, 0.717) is 23.0 Å². The molecule has 0 atom stereocenters. The molecule has 0 saturated carbocycles. The summed E-state index contributed by atoms with van der Waals surface area (Å²) in [5.41, 5.74) is 1.15. The van der Waals surface area contributed by atoms with E-state index in [-0.39, 0.29) is 5.91 Å². The maximum absolute atomic E-state index is 11.7. The molecule has 1 fully saturated rings. The van der Waals surface area contributed by atoms with Gasteiger partial charge in [-0.15, -0.1) is 0 Å². The smallest absolute Gasteiger partial charge is 0.221 e. The van der Waals surface area contributed by atoms with Crippen molar-refractivity contribution in [2.45, 2.75) is 32.1 Å². The van der Waals surface area contributed by atoms with E-state index in [1.807, 2.05) is 18.2 Å². The molecule has 0 unspecified atom stereocenters. The number of hydrogen-bond donors (Lipinski definition) is 1. The second-order valence-electron chi connectivity index (χ2n) is 5.50. The van der Waals surface area contributed by atoms with Gasteiger partial charge in [-0.25, -0.2) is 0 Å². The number of amides is 1. The first kappa shape index (κ1) is 16.6. The lowest BCUT2D eigenvalue weighted by Crippen LogP contribution is -2.30. The Morgan fingerprint density at radius 3 is 2.67 bits per heavy atom. The summed E-state index contributed by atoms with van der Waals surface area (Å²) in [4.78, 5) is 14.1. The van der Waals surface area contributed by atoms with Crippen LogP contribution in [0.4, 0.5) is 0 Å². The van der Waals surface area contributed by atoms with Crippen LogP contribution in [0.15, 0.2) is 18.2 Å². The van der Waals surface area contributed by atoms with Gasteiger partial charge in [-0.1, -0.05) is 29.3 Å². The monoisotopic (exact) mass is 328 g/mol. The first-order valence-corrected chi connectivity index (χ1v) is 8.34. The summed E-state index contributed by atoms with van der Waals surface area (Å²) in [7, 11) is 0. The number of carbonyl (C=O) groups is 1. The molecular weight excluding hydrogens is 307 g/mol. The van der Waals surface area contributed by atoms with Gasteiger partial charge in [0.25, 0.3) is 0 Å². The zero-order valence-corrected chi connectivity index (χ0v) is 13.7. The Morgan fingerprint density at radius 2 is 1.95 bits per heavy atom. The zero-order chi connectivity index (χ0) is 15.1. The Morgan fingerprint density at radius 1 is 1.19 bits per heavy atom. The van der Waals surface area contributed by atoms with Gasteiger partial charge in [-0.2, -0.15) is 0 Å². The maximum atomic E-state index is 11.7. The molecule has 1 aliphatic rings. The summed E-state index contributed by atoms with van der Waals surface area (Å²) < 4.78 is 0. The summed E-state index contributed by atoms with van der Waals surface area (Å²) in [5, 5.41) is 4.14. The zero-order valence-electron chi connectivity index (χ0n) is 12.2. The van der Waals surface area contributed by atoms with Crippen molar-refractivity contribution in [2.24, 2.45) is 0 Å². The van der Waals surface area contributed by atoms with Gasteiger partial charge in [0.05, 0.1) is 10.0 Å². The van der Waals surface area contributed by atoms with Gasteiger partial charge in [0.2, 0.25) is 5.91 Å². The van der Waals surface area contributed by atoms with Crippen molar-refractivity contribution in [3.63, 3.8) is 0 Å². The van der Waals surface area contributed by atoms with Crippen LogP contribution in [0.5, 0.6) is 0 Å². The van der Waals surface area contributed by atoms with Gasteiger partial charge >= 0.3 is 0 Å². The summed E-state index contributed by atoms with van der Waals surface area (Å²) in [6.45, 7) is 3.88. The van der Waals surface area contributed by atoms with Crippen molar-refractivity contribution in [2.75, 3.05) is 26.2 Å². The summed E-state index contributed by atoms with van der Waals surface area (Å²) >= 11 is 11.9. The lowest BCUT2D eigenvalue weighted by molar-refractivity contribution is -0.121. The predicted octanol–water partition coefficient (Wildman–Crippen LogP) is 3.53. The van der Waals surface area contributed by atoms with Gasteiger partial charge in [0.15, 0.2) is 0 Å². The van der Waals surface area contributed by atoms with Crippen LogP contribution in [-0.2, 0) is 11.2 Å². The number of carbonyl (C=O) groups excluding carboxylic acids is 1. The molecule has 1 aromatic rings. The third kappa shape index (κ3) is 5.85. The minimum Gasteiger partial charge on any atom is -0.356 e. The average Bonchev–Trinajstić information content (AvgIpc) is 2.98. The fourth-order valence-electron chi connectivity index (χ4n) is 2.57. The number of nitrogens with one attached hydrogen (secondary N) is 1. The lowest BCUT2D eigenvalue weighted by Gasteiger charge is -2.13. The molecular formula is C16H22Cl2N2O. The number of hydrogen-bond acceptors (Lipinski definition) is 2. The van der Waals surface area contributed by atoms with Crippen molar-refractivity contribution in [1.82, 2.24) is 10.2 Å². The standard InChI is InChI=1S/C16H22Cl2N2O/c17-14-6-5-13(12-15(14)18)4-3-8-19-16(21)7-11-20-9-1-2-10-20/h5-6,12H,1-4,7-11H2,(H,19,21). The first-order chi connectivity index (χ1) is 10.1. The van der Waals surface area contributed by atoms with E-state index in [0.717, 1.165) is 38.0 Å². The fourth-order valence-corrected chi connectivity index (χ4v) is 2.89. The third-order valence-corrected chi connectivity index (χ3v) is 4.54. The summed E-state index contributed by atoms with van der Waals surface area (Å²) in [6, 6.07) is 5.68. The molecule has 0 spiro atoms. The molecule has 21 heavy (non-hydrogen) atoms. The van der Waals surface area contributed by atoms with Crippen molar-refractivity contribution in [3.8, 4) is 0 Å². The van der Waals surface area contributed by atoms with Crippen LogP contribution in [0.1, 0.15) is 31.2 Å². The largest absolute Gasteiger partial charge is 0.356 e. The highest BCUT2D eigenvalue weighted by Crippen LogP contribution is 2.23. The Balaban J connectivity index is 1.58. The van der Waals surface area contributed by atoms with E-state index in [2.05, 4.69) is 10.2 Å². The first-order valence-electron chi connectivity index (χ1n) is 7.58. The summed E-state index contributed by atoms with van der Waals surface area (Å²) in [5.74, 6) is 0.149. The van der Waals surface area contributed by atoms with Crippen LogP contribution >= 0.6 is 23.2 Å². The molecule has 0 bridgehead atoms. The van der Waals surface area contributed by atoms with Gasteiger partial charge in [0.1, 0.15) is 0 Å². The molecule has 0 aromatic heterocycles. The van der Waals surface area contributed by atoms with E-state index in [1.54, 1.807) is 0 Å². The molecule has 0 radical (unpaired) electrons. The molecule has 5 heteroatoms. The number of likely N-dealkylation sites (tertiary alicyclic amines) is 1. The van der Waals surface area contributed by atoms with Gasteiger partial charge in [-0.3, -0.25) is 4.79 Å². The molecule has 1 aliphatic heterocycles. The topological polar surface area (TPSA) is 32.3 Å². The van der Waals surface area contributed by atoms with Crippen LogP contribution in [0.2, 0.25) is 10.0 Å². The predicted molar refractivity (Wildman–Crippen MR) is 88.1 cm³/mol. The number of halogens is 2. The van der Waals surface area contributed by atoms with Crippen LogP contribution in [0.3, 0.4) is 0 Å². The Bertz CT molecular complexity index is 473. The number of aryl methyl sites for hydroxylation is 1. The second-order valence-corrected chi connectivity index (χ2v) is 6.32. The highest BCUT2D eigenvalue weighted by Gasteiger charge is 2.12. The second kappa shape index (κ2) is 8.62. The van der Waals surface area contributed by atoms with Crippen molar-refractivity contribution < 1.29 is 4.79 Å². The molecule has 0 aliphatic carbocycles. The molecule has 3 nitrogen and oxygen atoms in total. The fraction of sp³-hybridized carbons (Fsp3) is 0.562. The lowest BCUT2D eigenvalue weighted by atomic mass is 10.1. The molecule has 1 saturated heterocycles. The average molecular weight is 329 g/mol. The van der Waals surface area contributed by atoms with Crippen LogP contribution in [-0.4, -0.2) is 37.0 Å². The molecule has 1 aromatic carbocycles. The number of benzene rings is 1. The van der Waals surface area contributed by atoms with Gasteiger partial charge < -0.3 is 10.2 Å². The van der Waals surface area contributed by atoms with E-state index in [1.165, 1.54) is 12.8 Å². The van der Waals surface area contributed by atoms with E-state index in [9.17, 15) is 4.79 Å². The molecule has 1 N–H and O–H groups in total. The quantitative estimate of drug-likeness (QED) is 0.776. The minimum absolute atomic E-state index is 0.149. The molecule has 2 rings (SSSR count). The molecule has 1 amide bonds. The third-order valence-electron chi connectivity index (χ3n) is 3.80. The van der Waals surface area contributed by atoms with Gasteiger partial charge in [0, 0.05) is 19.5 Å². The van der Waals surface area contributed by atoms with Crippen LogP contribution in [0, 0.1) is 0 Å². The Hall–Kier alpha value is -0.770. The van der Waals surface area contributed by atoms with E-state index >= 15 is 0 Å².